The number of hydrogen-bond acceptors (Lipinski definition) is 4. The highest BCUT2D eigenvalue weighted by atomic mass is 16.1. The summed E-state index contributed by atoms with van der Waals surface area (Å²) in [6.45, 7) is 9.54. The number of aromatic nitrogens is 1. The predicted octanol–water partition coefficient (Wildman–Crippen LogP) is 3.10. The summed E-state index contributed by atoms with van der Waals surface area (Å²) < 4.78 is 0. The van der Waals surface area contributed by atoms with E-state index in [0.717, 1.165) is 50.6 Å². The summed E-state index contributed by atoms with van der Waals surface area (Å²) in [6, 6.07) is 12.3. The molecule has 1 amide bonds. The third-order valence-corrected chi connectivity index (χ3v) is 4.94. The highest BCUT2D eigenvalue weighted by Crippen LogP contribution is 2.16. The quantitative estimate of drug-likeness (QED) is 0.868. The summed E-state index contributed by atoms with van der Waals surface area (Å²) in [4.78, 5) is 21.4. The number of carbonyl (C=O) groups excluding carboxylic acids is 1. The van der Waals surface area contributed by atoms with E-state index in [1.54, 1.807) is 6.20 Å². The first-order valence-electron chi connectivity index (χ1n) is 9.43. The van der Waals surface area contributed by atoms with Crippen LogP contribution in [0, 0.1) is 6.92 Å². The van der Waals surface area contributed by atoms with E-state index in [2.05, 4.69) is 58.2 Å². The molecule has 0 spiro atoms. The molecule has 0 aliphatic carbocycles. The summed E-state index contributed by atoms with van der Waals surface area (Å²) in [5.41, 5.74) is 3.18. The van der Waals surface area contributed by atoms with E-state index in [1.807, 2.05) is 12.1 Å². The first-order chi connectivity index (χ1) is 12.6. The Morgan fingerprint density at radius 1 is 1.08 bits per heavy atom. The zero-order chi connectivity index (χ0) is 18.4. The van der Waals surface area contributed by atoms with Crippen LogP contribution in [0.2, 0.25) is 0 Å². The fourth-order valence-electron chi connectivity index (χ4n) is 3.18. The number of nitrogens with one attached hydrogen (secondary N) is 1. The standard InChI is InChI=1S/C21H28N4O/c1-3-24-12-14-25(15-13-24)20-10-9-19(16-22-20)23-21(26)11-8-18-6-4-17(2)5-7-18/h4-7,9-10,16H,3,8,11-15H2,1-2H3,(H,23,26). The summed E-state index contributed by atoms with van der Waals surface area (Å²) in [6.07, 6.45) is 2.98. The Balaban J connectivity index is 1.47. The van der Waals surface area contributed by atoms with Crippen LogP contribution >= 0.6 is 0 Å². The zero-order valence-corrected chi connectivity index (χ0v) is 15.7. The fourth-order valence-corrected chi connectivity index (χ4v) is 3.18. The normalized spacial score (nSPS) is 15.1. The van der Waals surface area contributed by atoms with Crippen molar-refractivity contribution < 1.29 is 4.79 Å². The molecular weight excluding hydrogens is 324 g/mol. The molecule has 26 heavy (non-hydrogen) atoms. The molecule has 2 heterocycles. The summed E-state index contributed by atoms with van der Waals surface area (Å²) in [5.74, 6) is 1.01. The Bertz CT molecular complexity index is 704. The number of amides is 1. The van der Waals surface area contributed by atoms with Crippen LogP contribution < -0.4 is 10.2 Å². The lowest BCUT2D eigenvalue weighted by Crippen LogP contribution is -2.46. The summed E-state index contributed by atoms with van der Waals surface area (Å²) in [5, 5.41) is 2.94. The minimum Gasteiger partial charge on any atom is -0.354 e. The van der Waals surface area contributed by atoms with Crippen LogP contribution in [0.5, 0.6) is 0 Å². The summed E-state index contributed by atoms with van der Waals surface area (Å²) in [7, 11) is 0. The smallest absolute Gasteiger partial charge is 0.224 e. The lowest BCUT2D eigenvalue weighted by molar-refractivity contribution is -0.116. The number of likely N-dealkylation sites (N-methyl/N-ethyl adjacent to an activating group) is 1. The molecule has 0 atom stereocenters. The second kappa shape index (κ2) is 8.81. The molecule has 0 unspecified atom stereocenters. The Hall–Kier alpha value is -2.40. The number of pyridine rings is 1. The highest BCUT2D eigenvalue weighted by Gasteiger charge is 2.16. The van der Waals surface area contributed by atoms with Crippen molar-refractivity contribution in [2.45, 2.75) is 26.7 Å². The molecule has 1 aromatic carbocycles. The van der Waals surface area contributed by atoms with E-state index in [-0.39, 0.29) is 5.91 Å². The van der Waals surface area contributed by atoms with Gasteiger partial charge in [-0.1, -0.05) is 36.8 Å². The molecule has 2 aromatic rings. The van der Waals surface area contributed by atoms with Crippen molar-refractivity contribution in [2.24, 2.45) is 0 Å². The van der Waals surface area contributed by atoms with Crippen molar-refractivity contribution >= 4 is 17.4 Å². The number of aryl methyl sites for hydroxylation is 2. The maximum atomic E-state index is 12.2. The molecule has 3 rings (SSSR count). The van der Waals surface area contributed by atoms with Crippen LogP contribution in [0.1, 0.15) is 24.5 Å². The van der Waals surface area contributed by atoms with Gasteiger partial charge in [-0.3, -0.25) is 4.79 Å². The summed E-state index contributed by atoms with van der Waals surface area (Å²) >= 11 is 0. The number of nitrogens with zero attached hydrogens (tertiary/aromatic N) is 3. The van der Waals surface area contributed by atoms with Crippen LogP contribution in [-0.2, 0) is 11.2 Å². The second-order valence-corrected chi connectivity index (χ2v) is 6.86. The van der Waals surface area contributed by atoms with Crippen LogP contribution in [0.25, 0.3) is 0 Å². The van der Waals surface area contributed by atoms with E-state index in [0.29, 0.717) is 6.42 Å². The lowest BCUT2D eigenvalue weighted by Gasteiger charge is -2.34. The Morgan fingerprint density at radius 2 is 1.81 bits per heavy atom. The first-order valence-corrected chi connectivity index (χ1v) is 9.43. The van der Waals surface area contributed by atoms with Crippen LogP contribution in [0.4, 0.5) is 11.5 Å². The van der Waals surface area contributed by atoms with Gasteiger partial charge in [-0.25, -0.2) is 4.98 Å². The highest BCUT2D eigenvalue weighted by molar-refractivity contribution is 5.90. The van der Waals surface area contributed by atoms with Gasteiger partial charge < -0.3 is 15.1 Å². The third-order valence-electron chi connectivity index (χ3n) is 4.94. The number of benzene rings is 1. The van der Waals surface area contributed by atoms with Gasteiger partial charge in [-0.2, -0.15) is 0 Å². The molecule has 1 fully saturated rings. The predicted molar refractivity (Wildman–Crippen MR) is 107 cm³/mol. The number of piperazine rings is 1. The van der Waals surface area contributed by atoms with Crippen molar-refractivity contribution in [1.82, 2.24) is 9.88 Å². The van der Waals surface area contributed by atoms with Gasteiger partial charge in [-0.15, -0.1) is 0 Å². The molecule has 5 nitrogen and oxygen atoms in total. The van der Waals surface area contributed by atoms with E-state index in [9.17, 15) is 4.79 Å². The molecule has 1 saturated heterocycles. The van der Waals surface area contributed by atoms with Gasteiger partial charge in [0.2, 0.25) is 5.91 Å². The van der Waals surface area contributed by atoms with E-state index in [1.165, 1.54) is 11.1 Å². The van der Waals surface area contributed by atoms with Gasteiger partial charge in [0, 0.05) is 32.6 Å². The van der Waals surface area contributed by atoms with Crippen LogP contribution in [-0.4, -0.2) is 48.5 Å². The van der Waals surface area contributed by atoms with E-state index in [4.69, 9.17) is 0 Å². The van der Waals surface area contributed by atoms with Crippen molar-refractivity contribution in [2.75, 3.05) is 42.9 Å². The monoisotopic (exact) mass is 352 g/mol. The minimum absolute atomic E-state index is 0.0247. The van der Waals surface area contributed by atoms with Crippen LogP contribution in [0.3, 0.4) is 0 Å². The van der Waals surface area contributed by atoms with Gasteiger partial charge in [0.1, 0.15) is 5.82 Å². The molecule has 1 aromatic heterocycles. The van der Waals surface area contributed by atoms with E-state index < -0.39 is 0 Å². The van der Waals surface area contributed by atoms with E-state index >= 15 is 0 Å². The van der Waals surface area contributed by atoms with Crippen molar-refractivity contribution in [3.05, 3.63) is 53.7 Å². The molecule has 5 heteroatoms. The van der Waals surface area contributed by atoms with Crippen molar-refractivity contribution in [3.8, 4) is 0 Å². The SMILES string of the molecule is CCN1CCN(c2ccc(NC(=O)CCc3ccc(C)cc3)cn2)CC1. The maximum Gasteiger partial charge on any atom is 0.224 e. The zero-order valence-electron chi connectivity index (χ0n) is 15.7. The first kappa shape index (κ1) is 18.4. The number of hydrogen-bond donors (Lipinski definition) is 1. The Morgan fingerprint density at radius 3 is 2.42 bits per heavy atom. The average Bonchev–Trinajstić information content (AvgIpc) is 2.68. The molecule has 1 N–H and O–H groups in total. The average molecular weight is 352 g/mol. The van der Waals surface area contributed by atoms with Gasteiger partial charge in [0.25, 0.3) is 0 Å². The molecule has 0 bridgehead atoms. The number of carbonyl (C=O) groups is 1. The lowest BCUT2D eigenvalue weighted by atomic mass is 10.1. The fraction of sp³-hybridized carbons (Fsp3) is 0.429. The van der Waals surface area contributed by atoms with Gasteiger partial charge in [-0.05, 0) is 37.6 Å². The Labute approximate surface area is 156 Å². The third kappa shape index (κ3) is 5.05. The van der Waals surface area contributed by atoms with Gasteiger partial charge in [0.15, 0.2) is 0 Å². The Kier molecular flexibility index (Phi) is 6.23. The number of anilines is 2. The van der Waals surface area contributed by atoms with Gasteiger partial charge in [0.05, 0.1) is 11.9 Å². The van der Waals surface area contributed by atoms with Gasteiger partial charge >= 0.3 is 0 Å². The molecule has 1 aliphatic heterocycles. The van der Waals surface area contributed by atoms with Crippen molar-refractivity contribution in [1.29, 1.82) is 0 Å². The molecule has 138 valence electrons. The maximum absolute atomic E-state index is 12.2. The minimum atomic E-state index is 0.0247. The molecule has 0 saturated carbocycles. The largest absolute Gasteiger partial charge is 0.354 e. The number of rotatable bonds is 6. The molecule has 1 aliphatic rings. The topological polar surface area (TPSA) is 48.5 Å². The molecule has 0 radical (unpaired) electrons. The van der Waals surface area contributed by atoms with Crippen LogP contribution in [0.15, 0.2) is 42.6 Å². The second-order valence-electron chi connectivity index (χ2n) is 6.86. The van der Waals surface area contributed by atoms with Crippen molar-refractivity contribution in [3.63, 3.8) is 0 Å². The molecular formula is C21H28N4O.